The number of nitrogens with zero attached hydrogens (tertiary/aromatic N) is 2. The monoisotopic (exact) mass is 348 g/mol. The highest BCUT2D eigenvalue weighted by Gasteiger charge is 2.45. The molecule has 26 heavy (non-hydrogen) atoms. The molecule has 1 aromatic carbocycles. The average molecular weight is 348 g/mol. The molecule has 3 aromatic rings. The van der Waals surface area contributed by atoms with Crippen molar-refractivity contribution in [3.63, 3.8) is 0 Å². The number of rotatable bonds is 1. The van der Waals surface area contributed by atoms with Crippen LogP contribution in [0, 0.1) is 0 Å². The predicted octanol–water partition coefficient (Wildman–Crippen LogP) is 1.94. The predicted molar refractivity (Wildman–Crippen MR) is 94.1 cm³/mol. The van der Waals surface area contributed by atoms with Crippen LogP contribution in [0.3, 0.4) is 0 Å². The minimum atomic E-state index is -1.77. The van der Waals surface area contributed by atoms with Gasteiger partial charge in [-0.2, -0.15) is 0 Å². The number of fused-ring (bicyclic) bond motifs is 5. The van der Waals surface area contributed by atoms with E-state index < -0.39 is 11.6 Å². The number of esters is 1. The van der Waals surface area contributed by atoms with E-state index in [1.165, 1.54) is 0 Å². The van der Waals surface area contributed by atoms with Crippen molar-refractivity contribution in [3.8, 4) is 5.69 Å². The summed E-state index contributed by atoms with van der Waals surface area (Å²) in [5.41, 5.74) is 1.85. The Balaban J connectivity index is 1.80. The van der Waals surface area contributed by atoms with Gasteiger partial charge in [0.25, 0.3) is 5.56 Å². The molecule has 2 aliphatic heterocycles. The third-order valence-corrected chi connectivity index (χ3v) is 5.40. The molecular weight excluding hydrogens is 332 g/mol. The zero-order valence-electron chi connectivity index (χ0n) is 14.2. The Labute approximate surface area is 148 Å². The second-order valence-corrected chi connectivity index (χ2v) is 6.78. The number of hydrogen-bond donors (Lipinski definition) is 1. The maximum atomic E-state index is 13.1. The van der Waals surface area contributed by atoms with Crippen LogP contribution in [0.1, 0.15) is 35.9 Å². The number of carbonyl (C=O) groups is 1. The van der Waals surface area contributed by atoms with Crippen LogP contribution in [0.4, 0.5) is 0 Å². The Morgan fingerprint density at radius 3 is 2.88 bits per heavy atom. The van der Waals surface area contributed by atoms with E-state index in [1.54, 1.807) is 17.6 Å². The highest BCUT2D eigenvalue weighted by atomic mass is 16.6. The summed E-state index contributed by atoms with van der Waals surface area (Å²) in [6, 6.07) is 11.5. The zero-order valence-corrected chi connectivity index (χ0v) is 14.2. The summed E-state index contributed by atoms with van der Waals surface area (Å²) >= 11 is 0. The summed E-state index contributed by atoms with van der Waals surface area (Å²) in [6.07, 6.45) is 0.633. The van der Waals surface area contributed by atoms with Gasteiger partial charge >= 0.3 is 5.97 Å². The zero-order chi connectivity index (χ0) is 18.1. The Morgan fingerprint density at radius 1 is 1.27 bits per heavy atom. The van der Waals surface area contributed by atoms with Gasteiger partial charge in [0.15, 0.2) is 5.60 Å². The van der Waals surface area contributed by atoms with Crippen molar-refractivity contribution >= 4 is 16.9 Å². The number of aliphatic hydroxyl groups is 1. The number of carbonyl (C=O) groups excluding carboxylic acids is 1. The number of ether oxygens (including phenoxy) is 1. The Hall–Kier alpha value is -2.99. The van der Waals surface area contributed by atoms with Gasteiger partial charge in [0, 0.05) is 23.1 Å². The summed E-state index contributed by atoms with van der Waals surface area (Å²) in [7, 11) is 0. The first-order chi connectivity index (χ1) is 12.5. The van der Waals surface area contributed by atoms with Gasteiger partial charge in [-0.15, -0.1) is 0 Å². The van der Waals surface area contributed by atoms with Gasteiger partial charge in [-0.3, -0.25) is 14.3 Å². The van der Waals surface area contributed by atoms with E-state index in [1.807, 2.05) is 30.3 Å². The molecule has 5 rings (SSSR count). The lowest BCUT2D eigenvalue weighted by molar-refractivity contribution is -0.172. The van der Waals surface area contributed by atoms with E-state index in [0.717, 1.165) is 28.0 Å². The second kappa shape index (κ2) is 5.02. The highest BCUT2D eigenvalue weighted by Crippen LogP contribution is 2.36. The first-order valence-electron chi connectivity index (χ1n) is 8.60. The number of hydrogen-bond acceptors (Lipinski definition) is 5. The van der Waals surface area contributed by atoms with E-state index in [2.05, 4.69) is 4.98 Å². The van der Waals surface area contributed by atoms with Crippen molar-refractivity contribution in [2.45, 2.75) is 32.0 Å². The summed E-state index contributed by atoms with van der Waals surface area (Å²) in [4.78, 5) is 29.9. The van der Waals surface area contributed by atoms with Crippen molar-refractivity contribution in [2.75, 3.05) is 0 Å². The van der Waals surface area contributed by atoms with Gasteiger partial charge in [0.2, 0.25) is 0 Å². The number of pyridine rings is 2. The lowest BCUT2D eigenvalue weighted by atomic mass is 9.86. The molecule has 1 atom stereocenters. The number of para-hydroxylation sites is 1. The van der Waals surface area contributed by atoms with Gasteiger partial charge in [-0.1, -0.05) is 25.1 Å². The molecule has 130 valence electrons. The number of aromatic nitrogens is 2. The SMILES string of the molecule is CC[C@@]1(O)C(=O)OCc2c1cc1n(c2=O)-c2cc3ccccc3nc2C1. The minimum absolute atomic E-state index is 0.119. The summed E-state index contributed by atoms with van der Waals surface area (Å²) < 4.78 is 6.72. The van der Waals surface area contributed by atoms with E-state index in [-0.39, 0.29) is 18.6 Å². The van der Waals surface area contributed by atoms with Crippen LogP contribution in [-0.4, -0.2) is 20.6 Å². The Bertz CT molecular complexity index is 1160. The summed E-state index contributed by atoms with van der Waals surface area (Å²) in [5, 5.41) is 11.7. The fourth-order valence-corrected chi connectivity index (χ4v) is 3.94. The largest absolute Gasteiger partial charge is 0.458 e. The third-order valence-electron chi connectivity index (χ3n) is 5.40. The number of benzene rings is 1. The molecule has 2 aromatic heterocycles. The molecule has 0 spiro atoms. The normalized spacial score (nSPS) is 20.5. The molecule has 4 heterocycles. The molecule has 0 amide bonds. The van der Waals surface area contributed by atoms with Crippen molar-refractivity contribution in [3.05, 3.63) is 69.3 Å². The Morgan fingerprint density at radius 2 is 2.08 bits per heavy atom. The van der Waals surface area contributed by atoms with Gasteiger partial charge in [0.1, 0.15) is 6.61 Å². The maximum absolute atomic E-state index is 13.1. The Kier molecular flexibility index (Phi) is 2.95. The molecule has 6 nitrogen and oxygen atoms in total. The van der Waals surface area contributed by atoms with Crippen LogP contribution in [0.25, 0.3) is 16.6 Å². The van der Waals surface area contributed by atoms with Gasteiger partial charge in [0.05, 0.1) is 22.5 Å². The molecule has 6 heteroatoms. The first-order valence-corrected chi connectivity index (χ1v) is 8.60. The molecule has 0 fully saturated rings. The fourth-order valence-electron chi connectivity index (χ4n) is 3.94. The van der Waals surface area contributed by atoms with E-state index in [9.17, 15) is 14.7 Å². The van der Waals surface area contributed by atoms with Gasteiger partial charge in [-0.25, -0.2) is 4.79 Å². The van der Waals surface area contributed by atoms with Crippen molar-refractivity contribution in [1.29, 1.82) is 0 Å². The maximum Gasteiger partial charge on any atom is 0.343 e. The van der Waals surface area contributed by atoms with Crippen LogP contribution in [0.15, 0.2) is 41.2 Å². The lowest BCUT2D eigenvalue weighted by Gasteiger charge is -2.31. The lowest BCUT2D eigenvalue weighted by Crippen LogP contribution is -2.44. The molecule has 2 aliphatic rings. The van der Waals surface area contributed by atoms with Gasteiger partial charge < -0.3 is 9.84 Å². The minimum Gasteiger partial charge on any atom is -0.458 e. The summed E-state index contributed by atoms with van der Waals surface area (Å²) in [6.45, 7) is 1.58. The van der Waals surface area contributed by atoms with Crippen molar-refractivity contribution in [1.82, 2.24) is 9.55 Å². The van der Waals surface area contributed by atoms with Gasteiger partial charge in [-0.05, 0) is 24.6 Å². The van der Waals surface area contributed by atoms with Crippen LogP contribution in [0.2, 0.25) is 0 Å². The topological polar surface area (TPSA) is 81.4 Å². The summed E-state index contributed by atoms with van der Waals surface area (Å²) in [5.74, 6) is -0.698. The molecule has 0 bridgehead atoms. The molecule has 0 unspecified atom stereocenters. The molecule has 1 N–H and O–H groups in total. The molecule has 0 radical (unpaired) electrons. The second-order valence-electron chi connectivity index (χ2n) is 6.78. The third kappa shape index (κ3) is 1.82. The van der Waals surface area contributed by atoms with Crippen molar-refractivity contribution in [2.24, 2.45) is 0 Å². The number of cyclic esters (lactones) is 1. The molecule has 0 saturated carbocycles. The van der Waals surface area contributed by atoms with Crippen LogP contribution < -0.4 is 5.56 Å². The van der Waals surface area contributed by atoms with Crippen LogP contribution in [0.5, 0.6) is 0 Å². The molecular formula is C20H16N2O4. The fraction of sp³-hybridized carbons (Fsp3) is 0.250. The van der Waals surface area contributed by atoms with E-state index >= 15 is 0 Å². The van der Waals surface area contributed by atoms with Crippen molar-refractivity contribution < 1.29 is 14.6 Å². The molecule has 0 aliphatic carbocycles. The first kappa shape index (κ1) is 15.3. The quantitative estimate of drug-likeness (QED) is 0.532. The molecule has 0 saturated heterocycles. The van der Waals surface area contributed by atoms with Crippen LogP contribution >= 0.6 is 0 Å². The smallest absolute Gasteiger partial charge is 0.343 e. The van der Waals surface area contributed by atoms with Crippen LogP contribution in [-0.2, 0) is 28.2 Å². The average Bonchev–Trinajstić information content (AvgIpc) is 3.01. The van der Waals surface area contributed by atoms with E-state index in [4.69, 9.17) is 4.74 Å². The standard InChI is InChI=1S/C20H16N2O4/c1-2-20(25)14-8-12-9-16-17(7-11-5-3-4-6-15(11)21-16)22(12)18(23)13(14)10-26-19(20)24/h3-8,25H,2,9-10H2,1H3/t20-/m0/s1. The highest BCUT2D eigenvalue weighted by molar-refractivity contribution is 5.84. The van der Waals surface area contributed by atoms with E-state index in [0.29, 0.717) is 17.5 Å².